The summed E-state index contributed by atoms with van der Waals surface area (Å²) in [6.07, 6.45) is -9.53. The molecule has 1 heterocycles. The molecule has 0 unspecified atom stereocenters. The van der Waals surface area contributed by atoms with Gasteiger partial charge in [0.2, 0.25) is 0 Å². The van der Waals surface area contributed by atoms with Gasteiger partial charge in [0.25, 0.3) is 5.56 Å². The van der Waals surface area contributed by atoms with Gasteiger partial charge in [-0.2, -0.15) is 26.3 Å². The molecular formula is C26H18F6N2O2S. The lowest BCUT2D eigenvalue weighted by molar-refractivity contribution is -0.141. The summed E-state index contributed by atoms with van der Waals surface area (Å²) in [4.78, 5) is 30.0. The minimum Gasteiger partial charge on any atom is -0.294 e. The van der Waals surface area contributed by atoms with Crippen molar-refractivity contribution in [3.63, 3.8) is 0 Å². The molecule has 0 amide bonds. The van der Waals surface area contributed by atoms with Crippen molar-refractivity contribution < 1.29 is 31.1 Å². The number of benzene rings is 3. The number of hydrogen-bond acceptors (Lipinski definition) is 4. The second-order valence-electron chi connectivity index (χ2n) is 8.02. The summed E-state index contributed by atoms with van der Waals surface area (Å²) in [6.45, 7) is 0. The molecule has 0 radical (unpaired) electrons. The lowest BCUT2D eigenvalue weighted by atomic mass is 10.1. The van der Waals surface area contributed by atoms with Crippen LogP contribution in [0.2, 0.25) is 0 Å². The number of aromatic nitrogens is 2. The van der Waals surface area contributed by atoms with Crippen LogP contribution in [0.3, 0.4) is 0 Å². The third-order valence-electron chi connectivity index (χ3n) is 5.49. The van der Waals surface area contributed by atoms with E-state index in [0.717, 1.165) is 11.8 Å². The van der Waals surface area contributed by atoms with Gasteiger partial charge in [0.15, 0.2) is 10.9 Å². The Morgan fingerprint density at radius 2 is 1.54 bits per heavy atom. The zero-order chi connectivity index (χ0) is 26.8. The number of halogens is 6. The van der Waals surface area contributed by atoms with Crippen LogP contribution >= 0.6 is 11.8 Å². The Labute approximate surface area is 211 Å². The second kappa shape index (κ2) is 10.4. The zero-order valence-corrected chi connectivity index (χ0v) is 19.8. The van der Waals surface area contributed by atoms with Crippen LogP contribution in [0.15, 0.2) is 82.7 Å². The molecule has 0 aliphatic carbocycles. The normalized spacial score (nSPS) is 12.2. The van der Waals surface area contributed by atoms with Gasteiger partial charge in [-0.25, -0.2) is 4.98 Å². The fourth-order valence-electron chi connectivity index (χ4n) is 3.72. The quantitative estimate of drug-likeness (QED) is 0.0826. The van der Waals surface area contributed by atoms with Gasteiger partial charge in [-0.15, -0.1) is 0 Å². The van der Waals surface area contributed by atoms with Crippen LogP contribution in [-0.2, 0) is 12.4 Å². The number of fused-ring (bicyclic) bond motifs is 1. The highest BCUT2D eigenvalue weighted by Gasteiger charge is 2.38. The summed E-state index contributed by atoms with van der Waals surface area (Å²) in [7, 11) is 0. The summed E-state index contributed by atoms with van der Waals surface area (Å²) in [5.41, 5.74) is -3.94. The fraction of sp³-hybridized carbons (Fsp3) is 0.192. The van der Waals surface area contributed by atoms with Gasteiger partial charge in [-0.05, 0) is 36.8 Å². The molecule has 0 atom stereocenters. The number of para-hydroxylation sites is 1. The highest BCUT2D eigenvalue weighted by atomic mass is 32.2. The van der Waals surface area contributed by atoms with Crippen molar-refractivity contribution in [3.05, 3.63) is 99.8 Å². The van der Waals surface area contributed by atoms with E-state index >= 15 is 0 Å². The van der Waals surface area contributed by atoms with Gasteiger partial charge < -0.3 is 0 Å². The zero-order valence-electron chi connectivity index (χ0n) is 18.9. The van der Waals surface area contributed by atoms with E-state index in [0.29, 0.717) is 34.8 Å². The van der Waals surface area contributed by atoms with Crippen LogP contribution < -0.4 is 5.56 Å². The first kappa shape index (κ1) is 26.5. The van der Waals surface area contributed by atoms with Crippen LogP contribution in [0, 0.1) is 0 Å². The first-order valence-electron chi connectivity index (χ1n) is 11.0. The molecule has 0 aliphatic rings. The molecule has 192 valence electrons. The lowest BCUT2D eigenvalue weighted by Crippen LogP contribution is -2.25. The molecule has 0 fully saturated rings. The Balaban J connectivity index is 1.76. The highest BCUT2D eigenvalue weighted by molar-refractivity contribution is 7.99. The smallest absolute Gasteiger partial charge is 0.294 e. The van der Waals surface area contributed by atoms with Gasteiger partial charge in [0.1, 0.15) is 0 Å². The third kappa shape index (κ3) is 5.87. The maximum absolute atomic E-state index is 13.8. The van der Waals surface area contributed by atoms with Gasteiger partial charge in [0, 0.05) is 17.7 Å². The van der Waals surface area contributed by atoms with Crippen LogP contribution in [0.1, 0.15) is 34.3 Å². The van der Waals surface area contributed by atoms with Gasteiger partial charge in [-0.3, -0.25) is 14.2 Å². The number of carbonyl (C=O) groups is 1. The van der Waals surface area contributed by atoms with Crippen LogP contribution in [0.5, 0.6) is 0 Å². The maximum atomic E-state index is 13.8. The summed E-state index contributed by atoms with van der Waals surface area (Å²) < 4.78 is 82.3. The number of carbonyl (C=O) groups excluding carboxylic acids is 1. The molecule has 0 spiro atoms. The lowest BCUT2D eigenvalue weighted by Gasteiger charge is -2.19. The Morgan fingerprint density at radius 3 is 2.22 bits per heavy atom. The number of thioether (sulfide) groups is 1. The van der Waals surface area contributed by atoms with Gasteiger partial charge in [0.05, 0.1) is 27.7 Å². The Bertz CT molecular complexity index is 1500. The minimum absolute atomic E-state index is 0.0448. The average molecular weight is 536 g/mol. The van der Waals surface area contributed by atoms with E-state index in [1.165, 1.54) is 18.2 Å². The van der Waals surface area contributed by atoms with Crippen LogP contribution in [0.25, 0.3) is 16.6 Å². The molecule has 1 aromatic heterocycles. The van der Waals surface area contributed by atoms with Gasteiger partial charge >= 0.3 is 12.4 Å². The molecule has 3 aromatic carbocycles. The molecule has 0 N–H and O–H groups in total. The Hall–Kier alpha value is -3.60. The van der Waals surface area contributed by atoms with Crippen molar-refractivity contribution in [1.29, 1.82) is 0 Å². The summed E-state index contributed by atoms with van der Waals surface area (Å²) in [5.74, 6) is 0.0474. The number of rotatable bonds is 7. The standard InChI is InChI=1S/C26H18F6N2O2S/c27-25(28,29)17-12-13-19(26(30,31)32)21(15-17)34-23(36)18-9-4-5-10-20(18)33-24(34)37-14-6-11-22(35)16-7-2-1-3-8-16/h1-5,7-10,12-13,15H,6,11,14H2. The molecule has 0 aliphatic heterocycles. The molecule has 4 aromatic rings. The minimum atomic E-state index is -5.03. The predicted octanol–water partition coefficient (Wildman–Crippen LogP) is 7.18. The van der Waals surface area contributed by atoms with E-state index in [-0.39, 0.29) is 34.0 Å². The molecule has 0 saturated heterocycles. The molecule has 4 nitrogen and oxygen atoms in total. The van der Waals surface area contributed by atoms with Crippen LogP contribution in [0.4, 0.5) is 26.3 Å². The first-order chi connectivity index (χ1) is 17.5. The first-order valence-corrected chi connectivity index (χ1v) is 12.0. The average Bonchev–Trinajstić information content (AvgIpc) is 2.86. The van der Waals surface area contributed by atoms with Crippen molar-refractivity contribution in [3.8, 4) is 5.69 Å². The van der Waals surface area contributed by atoms with E-state index in [9.17, 15) is 35.9 Å². The van der Waals surface area contributed by atoms with E-state index in [1.54, 1.807) is 36.4 Å². The summed E-state index contributed by atoms with van der Waals surface area (Å²) in [5, 5.41) is -0.252. The molecule has 0 saturated carbocycles. The van der Waals surface area contributed by atoms with E-state index in [4.69, 9.17) is 0 Å². The SMILES string of the molecule is O=C(CCCSc1nc2ccccc2c(=O)n1-c1cc(C(F)(F)F)ccc1C(F)(F)F)c1ccccc1. The monoisotopic (exact) mass is 536 g/mol. The Morgan fingerprint density at radius 1 is 0.865 bits per heavy atom. The molecular weight excluding hydrogens is 518 g/mol. The van der Waals surface area contributed by atoms with Crippen molar-refractivity contribution in [2.75, 3.05) is 5.75 Å². The molecule has 37 heavy (non-hydrogen) atoms. The second-order valence-corrected chi connectivity index (χ2v) is 9.08. The molecule has 0 bridgehead atoms. The van der Waals surface area contributed by atoms with Crippen molar-refractivity contribution in [2.45, 2.75) is 30.4 Å². The predicted molar refractivity (Wildman–Crippen MR) is 128 cm³/mol. The third-order valence-corrected chi connectivity index (χ3v) is 6.52. The number of alkyl halides is 6. The van der Waals surface area contributed by atoms with Gasteiger partial charge in [-0.1, -0.05) is 54.2 Å². The Kier molecular flexibility index (Phi) is 7.44. The number of hydrogen-bond donors (Lipinski definition) is 0. The fourth-order valence-corrected chi connectivity index (χ4v) is 4.66. The van der Waals surface area contributed by atoms with E-state index in [2.05, 4.69) is 4.98 Å². The number of Topliss-reactive ketones (excluding diaryl/α,β-unsaturated/α-hetero) is 1. The molecule has 4 rings (SSSR count). The summed E-state index contributed by atoms with van der Waals surface area (Å²) in [6, 6.07) is 15.3. The van der Waals surface area contributed by atoms with Crippen molar-refractivity contribution in [1.82, 2.24) is 9.55 Å². The molecule has 11 heteroatoms. The van der Waals surface area contributed by atoms with E-state index in [1.807, 2.05) is 0 Å². The maximum Gasteiger partial charge on any atom is 0.418 e. The van der Waals surface area contributed by atoms with Crippen molar-refractivity contribution in [2.24, 2.45) is 0 Å². The topological polar surface area (TPSA) is 52.0 Å². The van der Waals surface area contributed by atoms with E-state index < -0.39 is 34.7 Å². The largest absolute Gasteiger partial charge is 0.418 e. The highest BCUT2D eigenvalue weighted by Crippen LogP contribution is 2.39. The number of ketones is 1. The van der Waals surface area contributed by atoms with Crippen molar-refractivity contribution >= 4 is 28.4 Å². The van der Waals surface area contributed by atoms with Crippen LogP contribution in [-0.4, -0.2) is 21.1 Å². The summed E-state index contributed by atoms with van der Waals surface area (Å²) >= 11 is 0.892. The number of nitrogens with zero attached hydrogens (tertiary/aromatic N) is 2.